The number of anilines is 3. The number of benzene rings is 9. The van der Waals surface area contributed by atoms with Crippen LogP contribution in [0.1, 0.15) is 45.9 Å². The van der Waals surface area contributed by atoms with Gasteiger partial charge in [0.2, 0.25) is 0 Å². The topological polar surface area (TPSA) is 3.24 Å². The molecule has 2 heteroatoms. The summed E-state index contributed by atoms with van der Waals surface area (Å²) in [6, 6.07) is 81.4. The molecule has 12 rings (SSSR count). The van der Waals surface area contributed by atoms with Crippen molar-refractivity contribution < 1.29 is 0 Å². The molecule has 278 valence electrons. The summed E-state index contributed by atoms with van der Waals surface area (Å²) in [6.07, 6.45) is 0. The summed E-state index contributed by atoms with van der Waals surface area (Å²) in [5.41, 5.74) is 17.0. The molecule has 0 saturated carbocycles. The second-order valence-corrected chi connectivity index (χ2v) is 17.2. The number of nitrogens with zero attached hydrogens (tertiary/aromatic N) is 1. The second-order valence-electron chi connectivity index (χ2n) is 16.1. The normalized spacial score (nSPS) is 15.7. The summed E-state index contributed by atoms with van der Waals surface area (Å²) in [4.78, 5) is 2.49. The first-order valence-electron chi connectivity index (χ1n) is 20.5. The van der Waals surface area contributed by atoms with Gasteiger partial charge < -0.3 is 4.90 Å². The van der Waals surface area contributed by atoms with E-state index in [0.717, 1.165) is 17.1 Å². The Bertz CT molecular complexity index is 3200. The molecular formula is C57H39NS. The molecule has 1 unspecified atom stereocenters. The van der Waals surface area contributed by atoms with Gasteiger partial charge in [-0.05, 0) is 111 Å². The Kier molecular flexibility index (Phi) is 7.51. The number of rotatable bonds is 6. The van der Waals surface area contributed by atoms with Crippen LogP contribution in [-0.2, 0) is 10.8 Å². The van der Waals surface area contributed by atoms with Gasteiger partial charge in [0.15, 0.2) is 0 Å². The van der Waals surface area contributed by atoms with Gasteiger partial charge in [0, 0.05) is 42.6 Å². The fourth-order valence-electron chi connectivity index (χ4n) is 10.6. The monoisotopic (exact) mass is 769 g/mol. The van der Waals surface area contributed by atoms with E-state index >= 15 is 0 Å². The molecule has 59 heavy (non-hydrogen) atoms. The zero-order valence-corrected chi connectivity index (χ0v) is 33.5. The van der Waals surface area contributed by atoms with Crippen molar-refractivity contribution in [2.45, 2.75) is 17.8 Å². The van der Waals surface area contributed by atoms with Crippen LogP contribution >= 0.6 is 11.3 Å². The highest BCUT2D eigenvalue weighted by Gasteiger charge is 2.46. The van der Waals surface area contributed by atoms with E-state index in [-0.39, 0.29) is 5.41 Å². The fourth-order valence-corrected chi connectivity index (χ4v) is 11.7. The Morgan fingerprint density at radius 1 is 0.339 bits per heavy atom. The molecule has 1 nitrogen and oxygen atoms in total. The molecule has 10 aromatic rings. The van der Waals surface area contributed by atoms with Crippen LogP contribution in [0.15, 0.2) is 218 Å². The lowest BCUT2D eigenvalue weighted by molar-refractivity contribution is 0.714. The van der Waals surface area contributed by atoms with Crippen LogP contribution < -0.4 is 4.90 Å². The Morgan fingerprint density at radius 2 is 0.831 bits per heavy atom. The molecule has 0 spiro atoms. The van der Waals surface area contributed by atoms with Crippen molar-refractivity contribution in [1.29, 1.82) is 0 Å². The van der Waals surface area contributed by atoms with Gasteiger partial charge >= 0.3 is 0 Å². The smallest absolute Gasteiger partial charge is 0.0713 e. The van der Waals surface area contributed by atoms with Crippen molar-refractivity contribution in [3.05, 3.63) is 257 Å². The third-order valence-corrected chi connectivity index (χ3v) is 14.4. The number of hydrogen-bond acceptors (Lipinski definition) is 2. The van der Waals surface area contributed by atoms with Gasteiger partial charge in [0.1, 0.15) is 0 Å². The molecule has 0 amide bonds. The van der Waals surface area contributed by atoms with Crippen LogP contribution in [0, 0.1) is 0 Å². The molecule has 0 radical (unpaired) electrons. The van der Waals surface area contributed by atoms with Gasteiger partial charge in [-0.3, -0.25) is 0 Å². The summed E-state index contributed by atoms with van der Waals surface area (Å²) in [6.45, 7) is 2.41. The van der Waals surface area contributed by atoms with Gasteiger partial charge in [0.25, 0.3) is 0 Å². The van der Waals surface area contributed by atoms with E-state index in [1.165, 1.54) is 81.4 Å². The minimum absolute atomic E-state index is 0.313. The molecule has 0 saturated heterocycles. The van der Waals surface area contributed by atoms with Crippen LogP contribution in [0.25, 0.3) is 42.4 Å². The number of thiophene rings is 1. The second kappa shape index (κ2) is 13.0. The Hall–Kier alpha value is -7.00. The molecule has 0 fully saturated rings. The summed E-state index contributed by atoms with van der Waals surface area (Å²) in [5, 5.41) is 2.61. The van der Waals surface area contributed by atoms with Gasteiger partial charge in [-0.1, -0.05) is 176 Å². The highest BCUT2D eigenvalue weighted by atomic mass is 32.1. The molecule has 1 aromatic heterocycles. The van der Waals surface area contributed by atoms with Crippen molar-refractivity contribution >= 4 is 48.6 Å². The third-order valence-electron chi connectivity index (χ3n) is 13.2. The SMILES string of the molecule is CC1(c2ccccc2)c2ccccc2-c2ccc(N(c3ccc4c(c3)-c3ccccc3C4(c3ccccc3)c3ccccc3)c3ccc4c(c3)sc3ccccc34)cc21. The summed E-state index contributed by atoms with van der Waals surface area (Å²) in [7, 11) is 0. The van der Waals surface area contributed by atoms with Gasteiger partial charge in [0.05, 0.1) is 5.41 Å². The van der Waals surface area contributed by atoms with Crippen LogP contribution in [0.2, 0.25) is 0 Å². The fraction of sp³-hybridized carbons (Fsp3) is 0.0526. The molecule has 9 aromatic carbocycles. The predicted molar refractivity (Wildman–Crippen MR) is 249 cm³/mol. The first kappa shape index (κ1) is 34.1. The molecule has 2 aliphatic rings. The first-order chi connectivity index (χ1) is 29.1. The highest BCUT2D eigenvalue weighted by Crippen LogP contribution is 2.58. The van der Waals surface area contributed by atoms with Gasteiger partial charge in [-0.2, -0.15) is 0 Å². The highest BCUT2D eigenvalue weighted by molar-refractivity contribution is 7.25. The molecule has 0 bridgehead atoms. The van der Waals surface area contributed by atoms with E-state index in [0.29, 0.717) is 0 Å². The largest absolute Gasteiger partial charge is 0.310 e. The van der Waals surface area contributed by atoms with Crippen molar-refractivity contribution in [1.82, 2.24) is 0 Å². The van der Waals surface area contributed by atoms with Crippen molar-refractivity contribution in [2.75, 3.05) is 4.90 Å². The zero-order valence-electron chi connectivity index (χ0n) is 32.6. The lowest BCUT2D eigenvalue weighted by atomic mass is 9.68. The lowest BCUT2D eigenvalue weighted by Gasteiger charge is -2.34. The van der Waals surface area contributed by atoms with Crippen LogP contribution in [-0.4, -0.2) is 0 Å². The minimum Gasteiger partial charge on any atom is -0.310 e. The maximum absolute atomic E-state index is 2.49. The van der Waals surface area contributed by atoms with Crippen molar-refractivity contribution in [3.8, 4) is 22.3 Å². The third kappa shape index (κ3) is 4.84. The molecule has 1 heterocycles. The molecule has 0 N–H and O–H groups in total. The average Bonchev–Trinajstić information content (AvgIpc) is 3.92. The molecule has 2 aliphatic carbocycles. The Balaban J connectivity index is 1.11. The molecular weight excluding hydrogens is 731 g/mol. The number of hydrogen-bond donors (Lipinski definition) is 0. The van der Waals surface area contributed by atoms with Crippen molar-refractivity contribution in [3.63, 3.8) is 0 Å². The molecule has 0 aliphatic heterocycles. The maximum atomic E-state index is 2.49. The maximum Gasteiger partial charge on any atom is 0.0713 e. The van der Waals surface area contributed by atoms with E-state index in [9.17, 15) is 0 Å². The summed E-state index contributed by atoms with van der Waals surface area (Å²) < 4.78 is 2.60. The van der Waals surface area contributed by atoms with Crippen LogP contribution in [0.5, 0.6) is 0 Å². The first-order valence-corrected chi connectivity index (χ1v) is 21.3. The summed E-state index contributed by atoms with van der Waals surface area (Å²) in [5.74, 6) is 0. The van der Waals surface area contributed by atoms with E-state index in [4.69, 9.17) is 0 Å². The molecule has 1 atom stereocenters. The predicted octanol–water partition coefficient (Wildman–Crippen LogP) is 15.2. The standard InChI is InChI=1S/C57H39NS/c1-56(38-17-5-2-6-18-38)50-26-14-11-23-44(50)46-32-29-42(36-53(46)56)58(43-30-33-48-47-25-13-16-28-54(47)59-55(48)37-43)41-31-34-52-49(35-41)45-24-12-15-27-51(45)57(52,39-19-7-3-8-20-39)40-21-9-4-10-22-40/h2-37H,1H3. The van der Waals surface area contributed by atoms with E-state index in [1.807, 2.05) is 11.3 Å². The van der Waals surface area contributed by atoms with Gasteiger partial charge in [-0.25, -0.2) is 0 Å². The average molecular weight is 770 g/mol. The van der Waals surface area contributed by atoms with E-state index < -0.39 is 5.41 Å². The summed E-state index contributed by atoms with van der Waals surface area (Å²) >= 11 is 1.87. The lowest BCUT2D eigenvalue weighted by Crippen LogP contribution is -2.28. The van der Waals surface area contributed by atoms with Crippen molar-refractivity contribution in [2.24, 2.45) is 0 Å². The Labute approximate surface area is 349 Å². The van der Waals surface area contributed by atoms with Crippen LogP contribution in [0.3, 0.4) is 0 Å². The zero-order chi connectivity index (χ0) is 39.1. The van der Waals surface area contributed by atoms with Crippen LogP contribution in [0.4, 0.5) is 17.1 Å². The van der Waals surface area contributed by atoms with E-state index in [1.54, 1.807) is 0 Å². The number of fused-ring (bicyclic) bond motifs is 9. The quantitative estimate of drug-likeness (QED) is 0.163. The Morgan fingerprint density at radius 3 is 1.56 bits per heavy atom. The van der Waals surface area contributed by atoms with Gasteiger partial charge in [-0.15, -0.1) is 11.3 Å². The van der Waals surface area contributed by atoms with E-state index in [2.05, 4.69) is 230 Å². The minimum atomic E-state index is -0.454.